The van der Waals surface area contributed by atoms with Crippen LogP contribution in [0.5, 0.6) is 0 Å². The zero-order valence-corrected chi connectivity index (χ0v) is 12.4. The third kappa shape index (κ3) is 3.04. The summed E-state index contributed by atoms with van der Waals surface area (Å²) in [4.78, 5) is 22.3. The zero-order valence-electron chi connectivity index (χ0n) is 10.9. The lowest BCUT2D eigenvalue weighted by Gasteiger charge is -2.14. The normalized spacial score (nSPS) is 15.8. The molecule has 1 aromatic carbocycles. The van der Waals surface area contributed by atoms with Gasteiger partial charge in [0.2, 0.25) is 0 Å². The summed E-state index contributed by atoms with van der Waals surface area (Å²) in [6, 6.07) is 2.28. The molecule has 1 aromatic rings. The van der Waals surface area contributed by atoms with Crippen LogP contribution in [0, 0.1) is 15.5 Å². The average molecular weight is 317 g/mol. The van der Waals surface area contributed by atoms with E-state index in [4.69, 9.17) is 23.2 Å². The molecule has 1 fully saturated rings. The summed E-state index contributed by atoms with van der Waals surface area (Å²) in [5, 5.41) is 13.6. The second-order valence-electron chi connectivity index (χ2n) is 5.08. The topological polar surface area (TPSA) is 72.2 Å². The molecular weight excluding hydrogens is 303 g/mol. The van der Waals surface area contributed by atoms with Crippen molar-refractivity contribution in [3.63, 3.8) is 0 Å². The Kier molecular flexibility index (Phi) is 4.20. The van der Waals surface area contributed by atoms with E-state index < -0.39 is 10.8 Å². The van der Waals surface area contributed by atoms with E-state index in [1.54, 1.807) is 0 Å². The Morgan fingerprint density at radius 3 is 2.60 bits per heavy atom. The Labute approximate surface area is 126 Å². The minimum absolute atomic E-state index is 0.00245. The fraction of sp³-hybridized carbons (Fsp3) is 0.462. The van der Waals surface area contributed by atoms with Crippen LogP contribution in [0.2, 0.25) is 10.0 Å². The van der Waals surface area contributed by atoms with Gasteiger partial charge in [-0.1, -0.05) is 30.1 Å². The number of hydrogen-bond donors (Lipinski definition) is 1. The molecular formula is C13H14Cl2N2O3. The molecule has 1 aliphatic rings. The van der Waals surface area contributed by atoms with Gasteiger partial charge in [0.15, 0.2) is 0 Å². The van der Waals surface area contributed by atoms with E-state index in [1.807, 2.05) is 0 Å². The van der Waals surface area contributed by atoms with Crippen LogP contribution in [0.15, 0.2) is 12.1 Å². The number of benzene rings is 1. The molecule has 2 rings (SSSR count). The predicted molar refractivity (Wildman–Crippen MR) is 77.4 cm³/mol. The summed E-state index contributed by atoms with van der Waals surface area (Å²) >= 11 is 11.8. The highest BCUT2D eigenvalue weighted by molar-refractivity contribution is 6.44. The largest absolute Gasteiger partial charge is 0.351 e. The molecule has 1 aliphatic carbocycles. The lowest BCUT2D eigenvalue weighted by atomic mass is 10.0. The van der Waals surface area contributed by atoms with E-state index in [0.29, 0.717) is 6.54 Å². The summed E-state index contributed by atoms with van der Waals surface area (Å²) in [5.74, 6) is -0.430. The molecule has 7 heteroatoms. The molecule has 0 saturated heterocycles. The van der Waals surface area contributed by atoms with Gasteiger partial charge in [0, 0.05) is 18.7 Å². The van der Waals surface area contributed by atoms with Crippen molar-refractivity contribution in [2.45, 2.75) is 26.2 Å². The predicted octanol–water partition coefficient (Wildman–Crippen LogP) is 3.82. The highest BCUT2D eigenvalue weighted by Crippen LogP contribution is 2.47. The minimum Gasteiger partial charge on any atom is -0.351 e. The number of carbonyl (C=O) groups is 1. The highest BCUT2D eigenvalue weighted by Gasteiger charge is 2.40. The third-order valence-electron chi connectivity index (χ3n) is 3.80. The van der Waals surface area contributed by atoms with Crippen LogP contribution in [0.1, 0.15) is 36.5 Å². The fourth-order valence-electron chi connectivity index (χ4n) is 2.04. The number of non-ortho nitro benzene ring substituents is 1. The first-order valence-electron chi connectivity index (χ1n) is 6.30. The Bertz CT molecular complexity index is 571. The maximum absolute atomic E-state index is 12.1. The Morgan fingerprint density at radius 2 is 2.10 bits per heavy atom. The van der Waals surface area contributed by atoms with Crippen molar-refractivity contribution in [3.05, 3.63) is 37.9 Å². The van der Waals surface area contributed by atoms with Gasteiger partial charge in [-0.25, -0.2) is 0 Å². The van der Waals surface area contributed by atoms with Gasteiger partial charge in [0.1, 0.15) is 0 Å². The Balaban J connectivity index is 2.18. The Hall–Kier alpha value is -1.33. The van der Waals surface area contributed by atoms with Gasteiger partial charge in [-0.05, 0) is 24.7 Å². The second-order valence-corrected chi connectivity index (χ2v) is 5.87. The van der Waals surface area contributed by atoms with Crippen molar-refractivity contribution in [1.29, 1.82) is 0 Å². The van der Waals surface area contributed by atoms with Gasteiger partial charge in [0.05, 0.1) is 20.5 Å². The minimum atomic E-state index is -0.604. The van der Waals surface area contributed by atoms with E-state index in [9.17, 15) is 14.9 Å². The molecule has 0 atom stereocenters. The van der Waals surface area contributed by atoms with Gasteiger partial charge >= 0.3 is 0 Å². The molecule has 0 radical (unpaired) electrons. The maximum atomic E-state index is 12.1. The molecule has 1 saturated carbocycles. The van der Waals surface area contributed by atoms with Crippen LogP contribution >= 0.6 is 23.2 Å². The van der Waals surface area contributed by atoms with Gasteiger partial charge < -0.3 is 5.32 Å². The van der Waals surface area contributed by atoms with Gasteiger partial charge in [-0.2, -0.15) is 0 Å². The molecule has 0 aromatic heterocycles. The number of nitrogens with one attached hydrogen (secondary N) is 1. The standard InChI is InChI=1S/C13H14Cl2N2O3/c1-2-13(3-4-13)7-16-12(18)9-5-8(17(19)20)6-10(14)11(9)15/h5-6H,2-4,7H2,1H3,(H,16,18). The van der Waals surface area contributed by atoms with E-state index >= 15 is 0 Å². The number of carbonyl (C=O) groups excluding carboxylic acids is 1. The zero-order chi connectivity index (χ0) is 14.9. The van der Waals surface area contributed by atoms with Crippen molar-refractivity contribution in [2.24, 2.45) is 5.41 Å². The summed E-state index contributed by atoms with van der Waals surface area (Å²) < 4.78 is 0. The van der Waals surface area contributed by atoms with E-state index in [0.717, 1.165) is 31.4 Å². The van der Waals surface area contributed by atoms with Crippen molar-refractivity contribution >= 4 is 34.8 Å². The number of amides is 1. The first-order valence-corrected chi connectivity index (χ1v) is 7.06. The molecule has 0 aliphatic heterocycles. The lowest BCUT2D eigenvalue weighted by molar-refractivity contribution is -0.384. The van der Waals surface area contributed by atoms with Crippen LogP contribution in [0.4, 0.5) is 5.69 Å². The fourth-order valence-corrected chi connectivity index (χ4v) is 2.45. The van der Waals surface area contributed by atoms with Crippen molar-refractivity contribution < 1.29 is 9.72 Å². The quantitative estimate of drug-likeness (QED) is 0.663. The van der Waals surface area contributed by atoms with Crippen LogP contribution in [-0.2, 0) is 0 Å². The van der Waals surface area contributed by atoms with Crippen LogP contribution < -0.4 is 5.32 Å². The van der Waals surface area contributed by atoms with Gasteiger partial charge in [0.25, 0.3) is 11.6 Å². The van der Waals surface area contributed by atoms with Crippen LogP contribution in [0.3, 0.4) is 0 Å². The summed E-state index contributed by atoms with van der Waals surface area (Å²) in [6.07, 6.45) is 3.18. The van der Waals surface area contributed by atoms with Gasteiger partial charge in [-0.3, -0.25) is 14.9 Å². The summed E-state index contributed by atoms with van der Waals surface area (Å²) in [7, 11) is 0. The van der Waals surface area contributed by atoms with Crippen molar-refractivity contribution in [3.8, 4) is 0 Å². The molecule has 1 N–H and O–H groups in total. The highest BCUT2D eigenvalue weighted by atomic mass is 35.5. The molecule has 1 amide bonds. The van der Waals surface area contributed by atoms with Crippen molar-refractivity contribution in [2.75, 3.05) is 6.54 Å². The molecule has 0 heterocycles. The number of nitrogens with zero attached hydrogens (tertiary/aromatic N) is 1. The average Bonchev–Trinajstić information content (AvgIpc) is 3.19. The SMILES string of the molecule is CCC1(CNC(=O)c2cc([N+](=O)[O-])cc(Cl)c2Cl)CC1. The number of halogens is 2. The maximum Gasteiger partial charge on any atom is 0.271 e. The molecule has 20 heavy (non-hydrogen) atoms. The summed E-state index contributed by atoms with van der Waals surface area (Å²) in [6.45, 7) is 2.63. The van der Waals surface area contributed by atoms with Crippen molar-refractivity contribution in [1.82, 2.24) is 5.32 Å². The van der Waals surface area contributed by atoms with E-state index in [2.05, 4.69) is 12.2 Å². The van der Waals surface area contributed by atoms with E-state index in [1.165, 1.54) is 0 Å². The number of hydrogen-bond acceptors (Lipinski definition) is 3. The molecule has 5 nitrogen and oxygen atoms in total. The third-order valence-corrected chi connectivity index (χ3v) is 4.60. The van der Waals surface area contributed by atoms with Crippen LogP contribution in [-0.4, -0.2) is 17.4 Å². The van der Waals surface area contributed by atoms with Gasteiger partial charge in [-0.15, -0.1) is 0 Å². The smallest absolute Gasteiger partial charge is 0.271 e. The molecule has 108 valence electrons. The number of nitro groups is 1. The monoisotopic (exact) mass is 316 g/mol. The second kappa shape index (κ2) is 5.58. The first-order chi connectivity index (χ1) is 9.38. The molecule has 0 unspecified atom stereocenters. The number of nitro benzene ring substituents is 1. The Morgan fingerprint density at radius 1 is 1.45 bits per heavy atom. The van der Waals surface area contributed by atoms with E-state index in [-0.39, 0.29) is 26.7 Å². The summed E-state index contributed by atoms with van der Waals surface area (Å²) in [5.41, 5.74) is -0.0222. The molecule has 0 spiro atoms. The lowest BCUT2D eigenvalue weighted by Crippen LogP contribution is -2.30. The molecule has 0 bridgehead atoms. The number of rotatable bonds is 5. The van der Waals surface area contributed by atoms with Crippen LogP contribution in [0.25, 0.3) is 0 Å². The first kappa shape index (κ1) is 15.1.